The van der Waals surface area contributed by atoms with Crippen LogP contribution in [0.3, 0.4) is 0 Å². The summed E-state index contributed by atoms with van der Waals surface area (Å²) in [5.74, 6) is 0.599. The van der Waals surface area contributed by atoms with Crippen LogP contribution in [-0.2, 0) is 0 Å². The molecule has 0 radical (unpaired) electrons. The average Bonchev–Trinajstić information content (AvgIpc) is 2.80. The molecule has 0 saturated heterocycles. The monoisotopic (exact) mass is 221 g/mol. The normalized spacial score (nSPS) is 11.3. The summed E-state index contributed by atoms with van der Waals surface area (Å²) >= 11 is 1.29. The van der Waals surface area contributed by atoms with Gasteiger partial charge in [-0.15, -0.1) is 15.3 Å². The van der Waals surface area contributed by atoms with Gasteiger partial charge in [0.05, 0.1) is 0 Å². The van der Waals surface area contributed by atoms with Gasteiger partial charge >= 0.3 is 0 Å². The summed E-state index contributed by atoms with van der Waals surface area (Å²) in [5, 5.41) is 19.5. The van der Waals surface area contributed by atoms with Crippen molar-refractivity contribution in [2.45, 2.75) is 6.92 Å². The van der Waals surface area contributed by atoms with Crippen molar-refractivity contribution in [2.75, 3.05) is 5.73 Å². The third-order valence-corrected chi connectivity index (χ3v) is 2.67. The second-order valence-corrected chi connectivity index (χ2v) is 4.08. The van der Waals surface area contributed by atoms with Crippen LogP contribution in [0.4, 0.5) is 5.13 Å². The van der Waals surface area contributed by atoms with Crippen LogP contribution in [0, 0.1) is 6.92 Å². The highest BCUT2D eigenvalue weighted by Gasteiger charge is 2.13. The fraction of sp³-hybridized carbons (Fsp3) is 0.143. The van der Waals surface area contributed by atoms with E-state index in [4.69, 9.17) is 5.73 Å². The van der Waals surface area contributed by atoms with Gasteiger partial charge < -0.3 is 5.73 Å². The van der Waals surface area contributed by atoms with E-state index in [9.17, 15) is 0 Å². The molecule has 0 saturated carbocycles. The lowest BCUT2D eigenvalue weighted by Crippen LogP contribution is -1.92. The highest BCUT2D eigenvalue weighted by atomic mass is 32.1. The number of anilines is 1. The fourth-order valence-corrected chi connectivity index (χ4v) is 1.93. The molecular weight excluding hydrogens is 214 g/mol. The van der Waals surface area contributed by atoms with Crippen LogP contribution in [0.15, 0.2) is 6.07 Å². The highest BCUT2D eigenvalue weighted by molar-refractivity contribution is 7.20. The Hall–Kier alpha value is -1.96. The number of hydrogen-bond acceptors (Lipinski definition) is 6. The predicted octanol–water partition coefficient (Wildman–Crippen LogP) is 0.467. The molecule has 3 heterocycles. The number of aromatic amines is 1. The van der Waals surface area contributed by atoms with Gasteiger partial charge in [-0.05, 0) is 13.0 Å². The minimum Gasteiger partial charge on any atom is -0.374 e. The second-order valence-electron chi connectivity index (χ2n) is 3.09. The van der Waals surface area contributed by atoms with Gasteiger partial charge in [-0.1, -0.05) is 11.3 Å². The first-order valence-electron chi connectivity index (χ1n) is 4.24. The van der Waals surface area contributed by atoms with Gasteiger partial charge in [-0.3, -0.25) is 5.10 Å². The van der Waals surface area contributed by atoms with Crippen molar-refractivity contribution in [3.8, 4) is 11.5 Å². The number of rotatable bonds is 1. The average molecular weight is 221 g/mol. The first-order valence-corrected chi connectivity index (χ1v) is 5.06. The Labute approximate surface area is 87.9 Å². The number of aryl methyl sites for hydroxylation is 1. The molecule has 0 atom stereocenters. The van der Waals surface area contributed by atoms with Gasteiger partial charge in [0.1, 0.15) is 5.69 Å². The quantitative estimate of drug-likeness (QED) is 0.622. The SMILES string of the molecule is Cc1cc(-c2nnc3sc(N)nn23)n[nH]1. The summed E-state index contributed by atoms with van der Waals surface area (Å²) in [6.07, 6.45) is 0. The number of aromatic nitrogens is 6. The largest absolute Gasteiger partial charge is 0.374 e. The molecule has 8 heteroatoms. The lowest BCUT2D eigenvalue weighted by atomic mass is 10.4. The van der Waals surface area contributed by atoms with Gasteiger partial charge in [0.15, 0.2) is 0 Å². The van der Waals surface area contributed by atoms with Crippen molar-refractivity contribution in [3.63, 3.8) is 0 Å². The van der Waals surface area contributed by atoms with E-state index in [-0.39, 0.29) is 0 Å². The van der Waals surface area contributed by atoms with Crippen LogP contribution in [0.5, 0.6) is 0 Å². The van der Waals surface area contributed by atoms with Gasteiger partial charge in [-0.25, -0.2) is 0 Å². The maximum absolute atomic E-state index is 5.58. The van der Waals surface area contributed by atoms with E-state index < -0.39 is 0 Å². The zero-order valence-electron chi connectivity index (χ0n) is 7.80. The molecule has 15 heavy (non-hydrogen) atoms. The van der Waals surface area contributed by atoms with Crippen LogP contribution < -0.4 is 5.73 Å². The topological polar surface area (TPSA) is 97.8 Å². The fourth-order valence-electron chi connectivity index (χ4n) is 1.32. The molecule has 3 aromatic heterocycles. The van der Waals surface area contributed by atoms with E-state index >= 15 is 0 Å². The zero-order chi connectivity index (χ0) is 10.4. The molecular formula is C7H7N7S. The lowest BCUT2D eigenvalue weighted by molar-refractivity contribution is 0.954. The maximum atomic E-state index is 5.58. The first-order chi connectivity index (χ1) is 7.24. The Morgan fingerprint density at radius 3 is 3.07 bits per heavy atom. The lowest BCUT2D eigenvalue weighted by Gasteiger charge is -1.87. The molecule has 0 aliphatic rings. The first kappa shape index (κ1) is 8.36. The molecule has 3 N–H and O–H groups in total. The Bertz CT molecular complexity index is 618. The summed E-state index contributed by atoms with van der Waals surface area (Å²) in [6, 6.07) is 1.88. The van der Waals surface area contributed by atoms with Crippen molar-refractivity contribution in [1.29, 1.82) is 0 Å². The van der Waals surface area contributed by atoms with Crippen LogP contribution >= 0.6 is 11.3 Å². The number of hydrogen-bond donors (Lipinski definition) is 2. The number of nitrogens with two attached hydrogens (primary N) is 1. The Morgan fingerprint density at radius 1 is 1.47 bits per heavy atom. The Kier molecular flexibility index (Phi) is 1.54. The molecule has 0 aliphatic heterocycles. The minimum absolute atomic E-state index is 0.466. The summed E-state index contributed by atoms with van der Waals surface area (Å²) < 4.78 is 1.59. The van der Waals surface area contributed by atoms with Gasteiger partial charge in [0.2, 0.25) is 15.9 Å². The number of nitrogen functional groups attached to an aromatic ring is 1. The van der Waals surface area contributed by atoms with Crippen molar-refractivity contribution in [2.24, 2.45) is 0 Å². The number of nitrogens with one attached hydrogen (secondary N) is 1. The molecule has 76 valence electrons. The second kappa shape index (κ2) is 2.76. The minimum atomic E-state index is 0.466. The summed E-state index contributed by atoms with van der Waals surface area (Å²) in [7, 11) is 0. The molecule has 3 rings (SSSR count). The highest BCUT2D eigenvalue weighted by Crippen LogP contribution is 2.21. The van der Waals surface area contributed by atoms with Crippen molar-refractivity contribution in [1.82, 2.24) is 30.0 Å². The van der Waals surface area contributed by atoms with Crippen LogP contribution in [0.25, 0.3) is 16.5 Å². The maximum Gasteiger partial charge on any atom is 0.236 e. The van der Waals surface area contributed by atoms with Crippen LogP contribution in [-0.4, -0.2) is 30.0 Å². The van der Waals surface area contributed by atoms with Gasteiger partial charge in [0.25, 0.3) is 0 Å². The van der Waals surface area contributed by atoms with E-state index in [1.165, 1.54) is 11.3 Å². The van der Waals surface area contributed by atoms with E-state index in [1.807, 2.05) is 13.0 Å². The van der Waals surface area contributed by atoms with Crippen LogP contribution in [0.1, 0.15) is 5.69 Å². The standard InChI is InChI=1S/C7H7N7S/c1-3-2-4(10-9-3)5-11-12-7-14(5)13-6(8)15-7/h2H,1H3,(H2,8,13)(H,9,10). The molecule has 0 aromatic carbocycles. The third kappa shape index (κ3) is 1.18. The van der Waals surface area contributed by atoms with Crippen molar-refractivity contribution < 1.29 is 0 Å². The van der Waals surface area contributed by atoms with E-state index in [0.29, 0.717) is 21.6 Å². The van der Waals surface area contributed by atoms with E-state index in [2.05, 4.69) is 25.5 Å². The Balaban J connectivity index is 2.26. The van der Waals surface area contributed by atoms with Crippen molar-refractivity contribution in [3.05, 3.63) is 11.8 Å². The van der Waals surface area contributed by atoms with Crippen LogP contribution in [0.2, 0.25) is 0 Å². The molecule has 7 nitrogen and oxygen atoms in total. The summed E-state index contributed by atoms with van der Waals surface area (Å²) in [4.78, 5) is 0.670. The van der Waals surface area contributed by atoms with E-state index in [1.54, 1.807) is 4.52 Å². The molecule has 0 fully saturated rings. The smallest absolute Gasteiger partial charge is 0.236 e. The number of fused-ring (bicyclic) bond motifs is 1. The molecule has 0 spiro atoms. The van der Waals surface area contributed by atoms with Gasteiger partial charge in [-0.2, -0.15) is 9.61 Å². The third-order valence-electron chi connectivity index (χ3n) is 1.94. The van der Waals surface area contributed by atoms with E-state index in [0.717, 1.165) is 5.69 Å². The predicted molar refractivity (Wildman–Crippen MR) is 55.4 cm³/mol. The molecule has 0 amide bonds. The molecule has 3 aromatic rings. The number of nitrogens with zero attached hydrogens (tertiary/aromatic N) is 5. The summed E-state index contributed by atoms with van der Waals surface area (Å²) in [6.45, 7) is 1.92. The summed E-state index contributed by atoms with van der Waals surface area (Å²) in [5.41, 5.74) is 7.25. The Morgan fingerprint density at radius 2 is 2.33 bits per heavy atom. The number of H-pyrrole nitrogens is 1. The van der Waals surface area contributed by atoms with Crippen molar-refractivity contribution >= 4 is 21.4 Å². The molecule has 0 bridgehead atoms. The molecule has 0 unspecified atom stereocenters. The zero-order valence-corrected chi connectivity index (χ0v) is 8.62. The molecule has 0 aliphatic carbocycles. The van der Waals surface area contributed by atoms with Gasteiger partial charge in [0, 0.05) is 5.69 Å².